The summed E-state index contributed by atoms with van der Waals surface area (Å²) in [4.78, 5) is 12.8. The number of hydrogen-bond acceptors (Lipinski definition) is 2. The molecule has 0 aromatic heterocycles. The van der Waals surface area contributed by atoms with Crippen molar-refractivity contribution >= 4 is 11.6 Å². The van der Waals surface area contributed by atoms with Crippen molar-refractivity contribution in [3.63, 3.8) is 0 Å². The minimum absolute atomic E-state index is 0.0511. The molecule has 3 heteroatoms. The van der Waals surface area contributed by atoms with Gasteiger partial charge in [0.15, 0.2) is 0 Å². The summed E-state index contributed by atoms with van der Waals surface area (Å²) >= 11 is 0. The maximum Gasteiger partial charge on any atom is 0.255 e. The molecule has 27 heavy (non-hydrogen) atoms. The second kappa shape index (κ2) is 8.09. The minimum atomic E-state index is -0.142. The highest BCUT2D eigenvalue weighted by atomic mass is 16.5. The number of carbonyl (C=O) groups is 1. The van der Waals surface area contributed by atoms with Gasteiger partial charge in [0, 0.05) is 11.3 Å². The lowest BCUT2D eigenvalue weighted by Crippen LogP contribution is -2.18. The van der Waals surface area contributed by atoms with Crippen molar-refractivity contribution in [2.24, 2.45) is 0 Å². The van der Waals surface area contributed by atoms with Crippen LogP contribution < -0.4 is 10.1 Å². The lowest BCUT2D eigenvalue weighted by molar-refractivity contribution is 0.102. The summed E-state index contributed by atoms with van der Waals surface area (Å²) in [6.07, 6.45) is 0. The molecule has 0 saturated carbocycles. The number of hydrogen-bond donors (Lipinski definition) is 1. The summed E-state index contributed by atoms with van der Waals surface area (Å²) in [5.41, 5.74) is 3.56. The monoisotopic (exact) mass is 359 g/mol. The van der Waals surface area contributed by atoms with Gasteiger partial charge in [0.25, 0.3) is 5.91 Å². The molecule has 0 heterocycles. The zero-order valence-corrected chi connectivity index (χ0v) is 16.0. The van der Waals surface area contributed by atoms with Crippen LogP contribution in [0.15, 0.2) is 78.9 Å². The average Bonchev–Trinajstić information content (AvgIpc) is 2.67. The van der Waals surface area contributed by atoms with Crippen LogP contribution in [0.2, 0.25) is 0 Å². The van der Waals surface area contributed by atoms with Crippen LogP contribution in [0.25, 0.3) is 0 Å². The van der Waals surface area contributed by atoms with Crippen LogP contribution >= 0.6 is 0 Å². The summed E-state index contributed by atoms with van der Waals surface area (Å²) in [7, 11) is 0. The Labute approximate surface area is 161 Å². The molecule has 138 valence electrons. The molecule has 0 fully saturated rings. The molecule has 0 saturated heterocycles. The van der Waals surface area contributed by atoms with Crippen LogP contribution in [-0.4, -0.2) is 5.91 Å². The summed E-state index contributed by atoms with van der Waals surface area (Å²) in [6, 6.07) is 25.2. The first-order valence-corrected chi connectivity index (χ1v) is 9.11. The van der Waals surface area contributed by atoms with E-state index in [1.807, 2.05) is 60.7 Å². The fourth-order valence-corrected chi connectivity index (χ4v) is 2.91. The molecule has 0 atom stereocenters. The average molecular weight is 359 g/mol. The van der Waals surface area contributed by atoms with Crippen LogP contribution in [0, 0.1) is 0 Å². The van der Waals surface area contributed by atoms with Gasteiger partial charge in [0.2, 0.25) is 0 Å². The molecule has 0 aliphatic rings. The lowest BCUT2D eigenvalue weighted by atomic mass is 9.86. The van der Waals surface area contributed by atoms with Crippen molar-refractivity contribution in [3.05, 3.63) is 95.6 Å². The summed E-state index contributed by atoms with van der Waals surface area (Å²) in [5.74, 6) is 0.535. The second-order valence-corrected chi connectivity index (χ2v) is 7.55. The maximum atomic E-state index is 12.8. The molecule has 0 bridgehead atoms. The predicted molar refractivity (Wildman–Crippen MR) is 110 cm³/mol. The van der Waals surface area contributed by atoms with E-state index in [4.69, 9.17) is 4.74 Å². The molecule has 0 radical (unpaired) electrons. The predicted octanol–water partition coefficient (Wildman–Crippen LogP) is 5.82. The van der Waals surface area contributed by atoms with Crippen LogP contribution in [0.3, 0.4) is 0 Å². The number of anilines is 1. The molecule has 0 spiro atoms. The Balaban J connectivity index is 1.73. The van der Waals surface area contributed by atoms with E-state index < -0.39 is 0 Å². The molecular formula is C24H25NO2. The van der Waals surface area contributed by atoms with Crippen LogP contribution in [-0.2, 0) is 12.0 Å². The minimum Gasteiger partial charge on any atom is -0.489 e. The molecule has 1 amide bonds. The Morgan fingerprint density at radius 2 is 1.59 bits per heavy atom. The Morgan fingerprint density at radius 3 is 2.33 bits per heavy atom. The van der Waals surface area contributed by atoms with Gasteiger partial charge in [-0.1, -0.05) is 75.4 Å². The molecule has 3 aromatic carbocycles. The van der Waals surface area contributed by atoms with Gasteiger partial charge in [-0.2, -0.15) is 0 Å². The molecule has 0 aliphatic heterocycles. The van der Waals surface area contributed by atoms with E-state index in [1.165, 1.54) is 0 Å². The zero-order valence-electron chi connectivity index (χ0n) is 16.0. The van der Waals surface area contributed by atoms with Crippen molar-refractivity contribution < 1.29 is 9.53 Å². The van der Waals surface area contributed by atoms with E-state index in [9.17, 15) is 4.79 Å². The largest absolute Gasteiger partial charge is 0.489 e. The number of carbonyl (C=O) groups excluding carboxylic acids is 1. The Kier molecular flexibility index (Phi) is 5.60. The van der Waals surface area contributed by atoms with E-state index >= 15 is 0 Å². The first kappa shape index (κ1) is 18.7. The SMILES string of the molecule is CC(C)(C)c1ccccc1NC(=O)c1cccc(OCc2ccccc2)c1. The molecule has 0 unspecified atom stereocenters. The molecular weight excluding hydrogens is 334 g/mol. The van der Waals surface area contributed by atoms with Crippen LogP contribution in [0.4, 0.5) is 5.69 Å². The van der Waals surface area contributed by atoms with Gasteiger partial charge in [0.1, 0.15) is 12.4 Å². The molecule has 3 nitrogen and oxygen atoms in total. The molecule has 3 rings (SSSR count). The number of nitrogens with one attached hydrogen (secondary N) is 1. The highest BCUT2D eigenvalue weighted by molar-refractivity contribution is 6.05. The Hall–Kier alpha value is -3.07. The van der Waals surface area contributed by atoms with Gasteiger partial charge in [-0.05, 0) is 40.8 Å². The molecule has 1 N–H and O–H groups in total. The van der Waals surface area contributed by atoms with Gasteiger partial charge in [0.05, 0.1) is 0 Å². The molecule has 3 aromatic rings. The number of rotatable bonds is 5. The number of para-hydroxylation sites is 1. The van der Waals surface area contributed by atoms with Gasteiger partial charge < -0.3 is 10.1 Å². The summed E-state index contributed by atoms with van der Waals surface area (Å²) < 4.78 is 5.83. The normalized spacial score (nSPS) is 11.1. The van der Waals surface area contributed by atoms with Gasteiger partial charge in [-0.15, -0.1) is 0 Å². The standard InChI is InChI=1S/C24H25NO2/c1-24(2,3)21-14-7-8-15-22(21)25-23(26)19-12-9-13-20(16-19)27-17-18-10-5-4-6-11-18/h4-16H,17H2,1-3H3,(H,25,26). The highest BCUT2D eigenvalue weighted by Crippen LogP contribution is 2.29. The smallest absolute Gasteiger partial charge is 0.255 e. The highest BCUT2D eigenvalue weighted by Gasteiger charge is 2.19. The van der Waals surface area contributed by atoms with Crippen molar-refractivity contribution in [3.8, 4) is 5.75 Å². The summed E-state index contributed by atoms with van der Waals surface area (Å²) in [5, 5.41) is 3.04. The van der Waals surface area contributed by atoms with E-state index in [0.29, 0.717) is 17.9 Å². The third kappa shape index (κ3) is 4.98. The number of benzene rings is 3. The van der Waals surface area contributed by atoms with E-state index in [-0.39, 0.29) is 11.3 Å². The first-order valence-electron chi connectivity index (χ1n) is 9.11. The topological polar surface area (TPSA) is 38.3 Å². The van der Waals surface area contributed by atoms with Gasteiger partial charge >= 0.3 is 0 Å². The van der Waals surface area contributed by atoms with Crippen molar-refractivity contribution in [1.29, 1.82) is 0 Å². The van der Waals surface area contributed by atoms with Crippen molar-refractivity contribution in [2.75, 3.05) is 5.32 Å². The van der Waals surface area contributed by atoms with Crippen molar-refractivity contribution in [2.45, 2.75) is 32.8 Å². The van der Waals surface area contributed by atoms with Crippen molar-refractivity contribution in [1.82, 2.24) is 0 Å². The van der Waals surface area contributed by atoms with E-state index in [1.54, 1.807) is 12.1 Å². The maximum absolute atomic E-state index is 12.8. The fraction of sp³-hybridized carbons (Fsp3) is 0.208. The second-order valence-electron chi connectivity index (χ2n) is 7.55. The summed E-state index contributed by atoms with van der Waals surface area (Å²) in [6.45, 7) is 6.88. The number of ether oxygens (including phenoxy) is 1. The molecule has 0 aliphatic carbocycles. The fourth-order valence-electron chi connectivity index (χ4n) is 2.91. The first-order chi connectivity index (χ1) is 12.9. The van der Waals surface area contributed by atoms with E-state index in [0.717, 1.165) is 16.8 Å². The van der Waals surface area contributed by atoms with Gasteiger partial charge in [-0.3, -0.25) is 4.79 Å². The Morgan fingerprint density at radius 1 is 0.889 bits per heavy atom. The third-order valence-corrected chi connectivity index (χ3v) is 4.33. The van der Waals surface area contributed by atoms with Gasteiger partial charge in [-0.25, -0.2) is 0 Å². The van der Waals surface area contributed by atoms with Crippen LogP contribution in [0.5, 0.6) is 5.75 Å². The quantitative estimate of drug-likeness (QED) is 0.624. The lowest BCUT2D eigenvalue weighted by Gasteiger charge is -2.23. The zero-order chi connectivity index (χ0) is 19.3. The Bertz CT molecular complexity index is 911. The number of amides is 1. The van der Waals surface area contributed by atoms with E-state index in [2.05, 4.69) is 32.2 Å². The third-order valence-electron chi connectivity index (χ3n) is 4.33. The van der Waals surface area contributed by atoms with Crippen LogP contribution in [0.1, 0.15) is 42.3 Å².